The summed E-state index contributed by atoms with van der Waals surface area (Å²) in [5.41, 5.74) is 1.81. The molecule has 0 saturated carbocycles. The monoisotopic (exact) mass is 337 g/mol. The maximum absolute atomic E-state index is 10.8. The third-order valence-electron chi connectivity index (χ3n) is 2.95. The van der Waals surface area contributed by atoms with Gasteiger partial charge in [0.1, 0.15) is 6.29 Å². The topological polar surface area (TPSA) is 20.3 Å². The first-order valence-corrected chi connectivity index (χ1v) is 7.83. The van der Waals surface area contributed by atoms with Crippen LogP contribution in [0.3, 0.4) is 0 Å². The van der Waals surface area contributed by atoms with Gasteiger partial charge in [0.2, 0.25) is 0 Å². The van der Waals surface area contributed by atoms with Crippen molar-refractivity contribution >= 4 is 39.2 Å². The number of hydrogen-bond donors (Lipinski definition) is 0. The Labute approximate surface area is 126 Å². The van der Waals surface area contributed by atoms with E-state index in [9.17, 15) is 4.79 Å². The van der Waals surface area contributed by atoms with Gasteiger partial charge in [0.05, 0.1) is 12.2 Å². The smallest absolute Gasteiger partial charge is 0.150 e. The first kappa shape index (κ1) is 14.3. The molecule has 0 radical (unpaired) electrons. The van der Waals surface area contributed by atoms with Crippen molar-refractivity contribution in [3.8, 4) is 0 Å². The Bertz CT molecular complexity index is 551. The molecule has 0 N–H and O–H groups in total. The van der Waals surface area contributed by atoms with Crippen LogP contribution in [0.15, 0.2) is 40.2 Å². The summed E-state index contributed by atoms with van der Waals surface area (Å²) >= 11 is 5.33. The summed E-state index contributed by atoms with van der Waals surface area (Å²) in [4.78, 5) is 14.5. The number of aldehydes is 1. The molecule has 100 valence electrons. The zero-order chi connectivity index (χ0) is 13.8. The number of anilines is 1. The van der Waals surface area contributed by atoms with Gasteiger partial charge in [0.15, 0.2) is 0 Å². The van der Waals surface area contributed by atoms with Gasteiger partial charge in [0.25, 0.3) is 0 Å². The summed E-state index contributed by atoms with van der Waals surface area (Å²) in [6.07, 6.45) is 0.869. The van der Waals surface area contributed by atoms with E-state index in [-0.39, 0.29) is 0 Å². The highest BCUT2D eigenvalue weighted by Crippen LogP contribution is 2.30. The van der Waals surface area contributed by atoms with Gasteiger partial charge in [-0.3, -0.25) is 4.79 Å². The van der Waals surface area contributed by atoms with Crippen LogP contribution >= 0.6 is 27.3 Å². The molecule has 2 nitrogen and oxygen atoms in total. The van der Waals surface area contributed by atoms with E-state index in [1.807, 2.05) is 18.2 Å². The molecule has 1 aromatic carbocycles. The number of nitrogens with zero attached hydrogens (tertiary/aromatic N) is 1. The van der Waals surface area contributed by atoms with E-state index >= 15 is 0 Å². The van der Waals surface area contributed by atoms with Gasteiger partial charge in [-0.05, 0) is 59.4 Å². The van der Waals surface area contributed by atoms with Crippen molar-refractivity contribution in [3.63, 3.8) is 0 Å². The standard InChI is InChI=1S/C15H16BrNOS/c1-11(2)17(9-13-4-3-7-19-13)15-6-5-12(10-18)8-14(15)16/h3-8,10-11H,9H2,1-2H3. The molecule has 0 atom stereocenters. The van der Waals surface area contributed by atoms with E-state index in [2.05, 4.69) is 52.2 Å². The lowest BCUT2D eigenvalue weighted by Crippen LogP contribution is -2.30. The Kier molecular flexibility index (Phi) is 4.77. The minimum Gasteiger partial charge on any atom is -0.363 e. The van der Waals surface area contributed by atoms with Crippen LogP contribution in [0, 0.1) is 0 Å². The summed E-state index contributed by atoms with van der Waals surface area (Å²) in [6.45, 7) is 5.23. The number of carbonyl (C=O) groups is 1. The highest BCUT2D eigenvalue weighted by Gasteiger charge is 2.15. The number of carbonyl (C=O) groups excluding carboxylic acids is 1. The van der Waals surface area contributed by atoms with Gasteiger partial charge in [0, 0.05) is 21.0 Å². The van der Waals surface area contributed by atoms with Crippen LogP contribution in [0.5, 0.6) is 0 Å². The quantitative estimate of drug-likeness (QED) is 0.734. The number of rotatable bonds is 5. The molecule has 0 spiro atoms. The number of hydrogen-bond acceptors (Lipinski definition) is 3. The summed E-state index contributed by atoms with van der Waals surface area (Å²) in [6, 6.07) is 10.3. The molecule has 0 amide bonds. The number of halogens is 1. The van der Waals surface area contributed by atoms with E-state index in [1.54, 1.807) is 11.3 Å². The predicted molar refractivity (Wildman–Crippen MR) is 85.2 cm³/mol. The second kappa shape index (κ2) is 6.35. The third kappa shape index (κ3) is 3.45. The van der Waals surface area contributed by atoms with Crippen molar-refractivity contribution in [1.29, 1.82) is 0 Å². The molecular formula is C15H16BrNOS. The molecule has 1 heterocycles. The van der Waals surface area contributed by atoms with Crippen LogP contribution in [0.4, 0.5) is 5.69 Å². The molecule has 1 aromatic heterocycles. The Morgan fingerprint density at radius 1 is 1.37 bits per heavy atom. The van der Waals surface area contributed by atoms with Crippen LogP contribution in [0.25, 0.3) is 0 Å². The molecule has 0 fully saturated rings. The Hall–Kier alpha value is -1.13. The lowest BCUT2D eigenvalue weighted by molar-refractivity contribution is 0.112. The van der Waals surface area contributed by atoms with E-state index in [4.69, 9.17) is 0 Å². The van der Waals surface area contributed by atoms with E-state index in [1.165, 1.54) is 4.88 Å². The van der Waals surface area contributed by atoms with Gasteiger partial charge >= 0.3 is 0 Å². The van der Waals surface area contributed by atoms with Gasteiger partial charge in [-0.2, -0.15) is 0 Å². The summed E-state index contributed by atoms with van der Waals surface area (Å²) in [5.74, 6) is 0. The second-order valence-electron chi connectivity index (χ2n) is 4.63. The van der Waals surface area contributed by atoms with E-state index in [0.29, 0.717) is 11.6 Å². The maximum atomic E-state index is 10.8. The minimum atomic E-state index is 0.389. The predicted octanol–water partition coefficient (Wildman–Crippen LogP) is 4.74. The van der Waals surface area contributed by atoms with Crippen molar-refractivity contribution in [2.45, 2.75) is 26.4 Å². The van der Waals surface area contributed by atoms with Crippen LogP contribution in [-0.4, -0.2) is 12.3 Å². The molecule has 2 aromatic rings. The highest BCUT2D eigenvalue weighted by molar-refractivity contribution is 9.10. The van der Waals surface area contributed by atoms with Crippen LogP contribution in [0.1, 0.15) is 29.1 Å². The van der Waals surface area contributed by atoms with E-state index in [0.717, 1.165) is 23.0 Å². The Morgan fingerprint density at radius 3 is 2.68 bits per heavy atom. The van der Waals surface area contributed by atoms with Crippen molar-refractivity contribution in [2.75, 3.05) is 4.90 Å². The number of thiophene rings is 1. The van der Waals surface area contributed by atoms with Crippen molar-refractivity contribution < 1.29 is 4.79 Å². The largest absolute Gasteiger partial charge is 0.363 e. The molecule has 19 heavy (non-hydrogen) atoms. The first-order valence-electron chi connectivity index (χ1n) is 6.15. The van der Waals surface area contributed by atoms with Crippen molar-refractivity contribution in [2.24, 2.45) is 0 Å². The molecule has 4 heteroatoms. The van der Waals surface area contributed by atoms with Gasteiger partial charge in [-0.1, -0.05) is 6.07 Å². The fraction of sp³-hybridized carbons (Fsp3) is 0.267. The molecular weight excluding hydrogens is 322 g/mol. The lowest BCUT2D eigenvalue weighted by atomic mass is 10.2. The van der Waals surface area contributed by atoms with Crippen LogP contribution in [-0.2, 0) is 6.54 Å². The zero-order valence-electron chi connectivity index (χ0n) is 11.0. The maximum Gasteiger partial charge on any atom is 0.150 e. The fourth-order valence-electron chi connectivity index (χ4n) is 1.95. The van der Waals surface area contributed by atoms with Gasteiger partial charge in [-0.15, -0.1) is 11.3 Å². The molecule has 0 bridgehead atoms. The van der Waals surface area contributed by atoms with Crippen molar-refractivity contribution in [3.05, 3.63) is 50.6 Å². The average Bonchev–Trinajstić information content (AvgIpc) is 2.89. The van der Waals surface area contributed by atoms with Crippen LogP contribution < -0.4 is 4.90 Å². The summed E-state index contributed by atoms with van der Waals surface area (Å²) in [5, 5.41) is 2.10. The van der Waals surface area contributed by atoms with Crippen LogP contribution in [0.2, 0.25) is 0 Å². The minimum absolute atomic E-state index is 0.389. The molecule has 0 unspecified atom stereocenters. The van der Waals surface area contributed by atoms with Gasteiger partial charge in [-0.25, -0.2) is 0 Å². The molecule has 2 rings (SSSR count). The van der Waals surface area contributed by atoms with Gasteiger partial charge < -0.3 is 4.90 Å². The lowest BCUT2D eigenvalue weighted by Gasteiger charge is -2.29. The average molecular weight is 338 g/mol. The highest BCUT2D eigenvalue weighted by atomic mass is 79.9. The summed E-state index contributed by atoms with van der Waals surface area (Å²) < 4.78 is 0.961. The Morgan fingerprint density at radius 2 is 2.16 bits per heavy atom. The molecule has 0 saturated heterocycles. The molecule has 0 aliphatic carbocycles. The first-order chi connectivity index (χ1) is 9.11. The van der Waals surface area contributed by atoms with E-state index < -0.39 is 0 Å². The Balaban J connectivity index is 2.31. The number of benzene rings is 1. The fourth-order valence-corrected chi connectivity index (χ4v) is 3.27. The normalized spacial score (nSPS) is 10.7. The molecule has 0 aliphatic heterocycles. The molecule has 0 aliphatic rings. The second-order valence-corrected chi connectivity index (χ2v) is 6.52. The zero-order valence-corrected chi connectivity index (χ0v) is 13.4. The third-order valence-corrected chi connectivity index (χ3v) is 4.44. The SMILES string of the molecule is CC(C)N(Cc1cccs1)c1ccc(C=O)cc1Br. The summed E-state index contributed by atoms with van der Waals surface area (Å²) in [7, 11) is 0. The van der Waals surface area contributed by atoms with Crippen molar-refractivity contribution in [1.82, 2.24) is 0 Å².